The summed E-state index contributed by atoms with van der Waals surface area (Å²) in [6.07, 6.45) is 13.1. The average molecular weight is 583 g/mol. The number of hydrogen-bond donors (Lipinski definition) is 0. The summed E-state index contributed by atoms with van der Waals surface area (Å²) < 4.78 is 26.3. The fourth-order valence-electron chi connectivity index (χ4n) is 5.32. The summed E-state index contributed by atoms with van der Waals surface area (Å²) in [7, 11) is -3.53. The Morgan fingerprint density at radius 3 is 2.13 bits per heavy atom. The highest BCUT2D eigenvalue weighted by molar-refractivity contribution is 6.74. The smallest absolute Gasteiger partial charge is 0.192 e. The van der Waals surface area contributed by atoms with E-state index in [2.05, 4.69) is 94.6 Å². The van der Waals surface area contributed by atoms with Gasteiger partial charge in [0.1, 0.15) is 0 Å². The second-order valence-electron chi connectivity index (χ2n) is 16.1. The number of allylic oxidation sites excluding steroid dienone is 1. The van der Waals surface area contributed by atoms with E-state index in [1.165, 1.54) is 18.4 Å². The van der Waals surface area contributed by atoms with E-state index in [1.807, 2.05) is 0 Å². The van der Waals surface area contributed by atoms with Gasteiger partial charge in [0.25, 0.3) is 0 Å². The van der Waals surface area contributed by atoms with Crippen LogP contribution < -0.4 is 0 Å². The quantitative estimate of drug-likeness (QED) is 0.123. The molecule has 1 saturated heterocycles. The van der Waals surface area contributed by atoms with Crippen LogP contribution in [-0.2, 0) is 18.3 Å². The Hall–Kier alpha value is 0.0138. The van der Waals surface area contributed by atoms with Crippen molar-refractivity contribution in [2.24, 2.45) is 11.8 Å². The van der Waals surface area contributed by atoms with Crippen molar-refractivity contribution in [3.05, 3.63) is 11.6 Å². The largest absolute Gasteiger partial charge is 0.417 e. The monoisotopic (exact) mass is 582 g/mol. The summed E-state index contributed by atoms with van der Waals surface area (Å²) in [6.45, 7) is 32.2. The second-order valence-corrected chi connectivity index (χ2v) is 25.6. The summed E-state index contributed by atoms with van der Waals surface area (Å²) >= 11 is 0. The van der Waals surface area contributed by atoms with Crippen molar-refractivity contribution >= 4 is 16.6 Å². The van der Waals surface area contributed by atoms with Crippen molar-refractivity contribution in [3.63, 3.8) is 0 Å². The van der Waals surface area contributed by atoms with Crippen LogP contribution >= 0.6 is 0 Å². The molecule has 1 aliphatic carbocycles. The van der Waals surface area contributed by atoms with Gasteiger partial charge in [0, 0.05) is 31.5 Å². The lowest BCUT2D eigenvalue weighted by atomic mass is 9.92. The van der Waals surface area contributed by atoms with Gasteiger partial charge in [0.2, 0.25) is 0 Å². The first kappa shape index (κ1) is 35.2. The molecule has 0 radical (unpaired) electrons. The molecular formula is C33H66O4Si2. The van der Waals surface area contributed by atoms with Crippen LogP contribution in [0.3, 0.4) is 0 Å². The highest BCUT2D eigenvalue weighted by Gasteiger charge is 2.43. The molecule has 0 N–H and O–H groups in total. The Kier molecular flexibility index (Phi) is 12.6. The minimum absolute atomic E-state index is 0.216. The van der Waals surface area contributed by atoms with Gasteiger partial charge < -0.3 is 18.3 Å². The Balaban J connectivity index is 1.97. The normalized spacial score (nSPS) is 24.8. The Morgan fingerprint density at radius 2 is 1.56 bits per heavy atom. The maximum Gasteiger partial charge on any atom is 0.192 e. The van der Waals surface area contributed by atoms with Gasteiger partial charge in [0.05, 0.1) is 12.7 Å². The van der Waals surface area contributed by atoms with Crippen LogP contribution in [0.15, 0.2) is 11.6 Å². The van der Waals surface area contributed by atoms with E-state index in [1.54, 1.807) is 0 Å². The van der Waals surface area contributed by atoms with Crippen molar-refractivity contribution < 1.29 is 18.3 Å². The molecule has 0 bridgehead atoms. The minimum atomic E-state index is -1.86. The standard InChI is InChI=1S/C33H66O4Si2/c1-26(19-20-29-28(3)25-34-33(36-29)21-15-16-22-33)24-27(2)30(37-39(12,13)32(7,8)9)18-14-17-23-35-38(10,11)31(4,5)6/h19,27-30H,14-18,20-25H2,1-13H3/b26-19+/t27-,28-,29+,30-/m0/s1. The summed E-state index contributed by atoms with van der Waals surface area (Å²) in [6, 6.07) is 0. The van der Waals surface area contributed by atoms with E-state index in [0.717, 1.165) is 58.2 Å². The molecule has 39 heavy (non-hydrogen) atoms. The first-order chi connectivity index (χ1) is 17.8. The zero-order valence-corrected chi connectivity index (χ0v) is 30.3. The molecule has 0 aromatic rings. The third kappa shape index (κ3) is 10.4. The van der Waals surface area contributed by atoms with Gasteiger partial charge in [-0.05, 0) is 94.1 Å². The fourth-order valence-corrected chi connectivity index (χ4v) is 7.87. The molecule has 0 aromatic heterocycles. The summed E-state index contributed by atoms with van der Waals surface area (Å²) in [5.41, 5.74) is 1.47. The van der Waals surface area contributed by atoms with Gasteiger partial charge in [-0.2, -0.15) is 0 Å². The molecule has 2 rings (SSSR count). The van der Waals surface area contributed by atoms with Crippen LogP contribution in [0.2, 0.25) is 36.3 Å². The molecule has 6 heteroatoms. The predicted octanol–water partition coefficient (Wildman–Crippen LogP) is 10.3. The van der Waals surface area contributed by atoms with Crippen LogP contribution in [0.25, 0.3) is 0 Å². The molecule has 1 heterocycles. The SMILES string of the molecule is C/C(=C\C[C@H]1OC2(CCCC2)OC[C@@H]1C)C[C@H](C)[C@H](CCCCO[Si](C)(C)C(C)(C)C)O[Si](C)(C)C(C)(C)C. The molecule has 230 valence electrons. The van der Waals surface area contributed by atoms with Crippen LogP contribution in [-0.4, -0.2) is 47.8 Å². The van der Waals surface area contributed by atoms with Crippen molar-refractivity contribution in [1.82, 2.24) is 0 Å². The molecule has 2 aliphatic rings. The lowest BCUT2D eigenvalue weighted by Crippen LogP contribution is -2.46. The third-order valence-electron chi connectivity index (χ3n) is 10.4. The van der Waals surface area contributed by atoms with E-state index in [-0.39, 0.29) is 22.0 Å². The highest BCUT2D eigenvalue weighted by atomic mass is 28.4. The van der Waals surface area contributed by atoms with Crippen LogP contribution in [0.5, 0.6) is 0 Å². The van der Waals surface area contributed by atoms with Crippen LogP contribution in [0.4, 0.5) is 0 Å². The Bertz CT molecular complexity index is 772. The summed E-state index contributed by atoms with van der Waals surface area (Å²) in [5, 5.41) is 0.485. The van der Waals surface area contributed by atoms with Gasteiger partial charge in [0.15, 0.2) is 22.4 Å². The fraction of sp³-hybridized carbons (Fsp3) is 0.939. The van der Waals surface area contributed by atoms with Crippen LogP contribution in [0.1, 0.15) is 120 Å². The Labute approximate surface area is 245 Å². The van der Waals surface area contributed by atoms with Gasteiger partial charge in [-0.1, -0.05) is 67.0 Å². The number of unbranched alkanes of at least 4 members (excludes halogenated alkanes) is 1. The molecule has 2 fully saturated rings. The van der Waals surface area contributed by atoms with Crippen molar-refractivity contribution in [2.75, 3.05) is 13.2 Å². The lowest BCUT2D eigenvalue weighted by Gasteiger charge is -2.42. The molecule has 1 saturated carbocycles. The van der Waals surface area contributed by atoms with E-state index in [4.69, 9.17) is 18.3 Å². The molecule has 0 amide bonds. The third-order valence-corrected chi connectivity index (χ3v) is 19.4. The van der Waals surface area contributed by atoms with Crippen molar-refractivity contribution in [2.45, 2.75) is 174 Å². The van der Waals surface area contributed by atoms with E-state index >= 15 is 0 Å². The number of hydrogen-bond acceptors (Lipinski definition) is 4. The minimum Gasteiger partial charge on any atom is -0.417 e. The number of rotatable bonds is 13. The first-order valence-corrected chi connectivity index (χ1v) is 21.9. The lowest BCUT2D eigenvalue weighted by molar-refractivity contribution is -0.304. The van der Waals surface area contributed by atoms with E-state index < -0.39 is 16.6 Å². The van der Waals surface area contributed by atoms with E-state index in [9.17, 15) is 0 Å². The van der Waals surface area contributed by atoms with Gasteiger partial charge >= 0.3 is 0 Å². The summed E-state index contributed by atoms with van der Waals surface area (Å²) in [4.78, 5) is 0. The zero-order chi connectivity index (χ0) is 29.7. The zero-order valence-electron chi connectivity index (χ0n) is 28.3. The van der Waals surface area contributed by atoms with Gasteiger partial charge in [-0.25, -0.2) is 0 Å². The number of ether oxygens (including phenoxy) is 2. The van der Waals surface area contributed by atoms with E-state index in [0.29, 0.717) is 17.9 Å². The maximum atomic E-state index is 7.08. The molecule has 0 unspecified atom stereocenters. The summed E-state index contributed by atoms with van der Waals surface area (Å²) in [5.74, 6) is 0.648. The van der Waals surface area contributed by atoms with Crippen LogP contribution in [0, 0.1) is 11.8 Å². The first-order valence-electron chi connectivity index (χ1n) is 16.1. The molecular weight excluding hydrogens is 517 g/mol. The average Bonchev–Trinajstić information content (AvgIpc) is 3.25. The topological polar surface area (TPSA) is 36.9 Å². The Morgan fingerprint density at radius 1 is 0.974 bits per heavy atom. The molecule has 1 aliphatic heterocycles. The molecule has 1 spiro atoms. The molecule has 4 atom stereocenters. The van der Waals surface area contributed by atoms with Crippen molar-refractivity contribution in [3.8, 4) is 0 Å². The maximum absolute atomic E-state index is 7.08. The highest BCUT2D eigenvalue weighted by Crippen LogP contribution is 2.42. The second kappa shape index (κ2) is 14.0. The van der Waals surface area contributed by atoms with Crippen molar-refractivity contribution in [1.29, 1.82) is 0 Å². The predicted molar refractivity (Wildman–Crippen MR) is 172 cm³/mol. The molecule has 0 aromatic carbocycles. The molecule has 4 nitrogen and oxygen atoms in total. The van der Waals surface area contributed by atoms with Gasteiger partial charge in [-0.15, -0.1) is 0 Å². The van der Waals surface area contributed by atoms with Gasteiger partial charge in [-0.3, -0.25) is 0 Å².